The van der Waals surface area contributed by atoms with E-state index in [2.05, 4.69) is 46.7 Å². The lowest BCUT2D eigenvalue weighted by Gasteiger charge is -2.38. The van der Waals surface area contributed by atoms with Crippen molar-refractivity contribution in [3.63, 3.8) is 0 Å². The highest BCUT2D eigenvalue weighted by molar-refractivity contribution is 9.10. The minimum Gasteiger partial charge on any atom is -0.369 e. The summed E-state index contributed by atoms with van der Waals surface area (Å²) >= 11 is 3.47. The van der Waals surface area contributed by atoms with Crippen molar-refractivity contribution in [3.8, 4) is 0 Å². The van der Waals surface area contributed by atoms with Crippen LogP contribution in [0.5, 0.6) is 0 Å². The Bertz CT molecular complexity index is 543. The number of nitrogens with two attached hydrogens (primary N) is 1. The second kappa shape index (κ2) is 6.92. The lowest BCUT2D eigenvalue weighted by atomic mass is 9.87. The third-order valence-electron chi connectivity index (χ3n) is 4.26. The fourth-order valence-corrected chi connectivity index (χ4v) is 3.39. The molecule has 0 saturated carbocycles. The van der Waals surface area contributed by atoms with Crippen LogP contribution >= 0.6 is 15.9 Å². The van der Waals surface area contributed by atoms with Crippen molar-refractivity contribution in [1.82, 2.24) is 9.78 Å². The average molecular weight is 357 g/mol. The first kappa shape index (κ1) is 16.5. The summed E-state index contributed by atoms with van der Waals surface area (Å²) in [5.74, 6) is 1.51. The van der Waals surface area contributed by atoms with Crippen LogP contribution in [0.15, 0.2) is 15.5 Å². The number of anilines is 1. The molecule has 5 nitrogen and oxygen atoms in total. The Morgan fingerprint density at radius 2 is 2.24 bits per heavy atom. The summed E-state index contributed by atoms with van der Waals surface area (Å²) in [7, 11) is 0. The second-order valence-corrected chi connectivity index (χ2v) is 7.23. The van der Waals surface area contributed by atoms with E-state index in [4.69, 9.17) is 5.73 Å². The largest absolute Gasteiger partial charge is 0.369 e. The molecule has 1 aliphatic rings. The number of aromatic nitrogens is 2. The maximum absolute atomic E-state index is 12.4. The summed E-state index contributed by atoms with van der Waals surface area (Å²) in [6.45, 7) is 9.58. The molecule has 1 aliphatic heterocycles. The van der Waals surface area contributed by atoms with Crippen LogP contribution in [-0.4, -0.2) is 29.4 Å². The van der Waals surface area contributed by atoms with Crippen LogP contribution < -0.4 is 16.2 Å². The number of hydrogen-bond donors (Lipinski definition) is 1. The summed E-state index contributed by atoms with van der Waals surface area (Å²) in [5.41, 5.74) is 6.70. The topological polar surface area (TPSA) is 64.2 Å². The average Bonchev–Trinajstić information content (AvgIpc) is 2.45. The number of piperidine rings is 1. The quantitative estimate of drug-likeness (QED) is 0.896. The third kappa shape index (κ3) is 3.66. The Kier molecular flexibility index (Phi) is 5.43. The summed E-state index contributed by atoms with van der Waals surface area (Å²) in [5, 5.41) is 4.33. The van der Waals surface area contributed by atoms with E-state index >= 15 is 0 Å². The highest BCUT2D eigenvalue weighted by Crippen LogP contribution is 2.29. The zero-order valence-electron chi connectivity index (χ0n) is 13.1. The van der Waals surface area contributed by atoms with Gasteiger partial charge in [-0.3, -0.25) is 4.79 Å². The molecule has 0 amide bonds. The molecule has 2 heterocycles. The van der Waals surface area contributed by atoms with Crippen molar-refractivity contribution in [2.45, 2.75) is 33.7 Å². The van der Waals surface area contributed by atoms with E-state index in [1.54, 1.807) is 6.20 Å². The normalized spacial score (nSPS) is 22.9. The number of nitrogens with zero attached hydrogens (tertiary/aromatic N) is 3. The van der Waals surface area contributed by atoms with Gasteiger partial charge in [-0.15, -0.1) is 0 Å². The SMILES string of the molecule is CC(C)Cn1ncc(N2CCC(C)C(CN)C2)c(Br)c1=O. The van der Waals surface area contributed by atoms with Gasteiger partial charge in [0.05, 0.1) is 11.9 Å². The summed E-state index contributed by atoms with van der Waals surface area (Å²) in [6.07, 6.45) is 2.90. The van der Waals surface area contributed by atoms with Gasteiger partial charge in [0, 0.05) is 19.6 Å². The van der Waals surface area contributed by atoms with Gasteiger partial charge in [-0.05, 0) is 46.6 Å². The number of halogens is 1. The van der Waals surface area contributed by atoms with E-state index in [0.717, 1.165) is 25.2 Å². The Balaban J connectivity index is 2.25. The van der Waals surface area contributed by atoms with Gasteiger partial charge in [0.1, 0.15) is 4.47 Å². The van der Waals surface area contributed by atoms with E-state index in [0.29, 0.717) is 35.3 Å². The van der Waals surface area contributed by atoms with Gasteiger partial charge in [0.15, 0.2) is 0 Å². The summed E-state index contributed by atoms with van der Waals surface area (Å²) < 4.78 is 2.15. The first-order chi connectivity index (χ1) is 9.93. The minimum atomic E-state index is -0.0517. The molecule has 118 valence electrons. The molecule has 1 aromatic rings. The molecule has 1 aromatic heterocycles. The van der Waals surface area contributed by atoms with Gasteiger partial charge < -0.3 is 10.6 Å². The van der Waals surface area contributed by atoms with E-state index < -0.39 is 0 Å². The van der Waals surface area contributed by atoms with Crippen LogP contribution in [0.2, 0.25) is 0 Å². The minimum absolute atomic E-state index is 0.0517. The molecule has 2 N–H and O–H groups in total. The lowest BCUT2D eigenvalue weighted by molar-refractivity contribution is 0.307. The first-order valence-electron chi connectivity index (χ1n) is 7.64. The van der Waals surface area contributed by atoms with Crippen LogP contribution in [0.25, 0.3) is 0 Å². The van der Waals surface area contributed by atoms with Crippen LogP contribution in [0, 0.1) is 17.8 Å². The Morgan fingerprint density at radius 1 is 1.52 bits per heavy atom. The van der Waals surface area contributed by atoms with Gasteiger partial charge in [-0.2, -0.15) is 5.10 Å². The number of hydrogen-bond acceptors (Lipinski definition) is 4. The maximum atomic E-state index is 12.4. The van der Waals surface area contributed by atoms with Crippen molar-refractivity contribution >= 4 is 21.6 Å². The molecule has 6 heteroatoms. The molecule has 2 atom stereocenters. The Hall–Kier alpha value is -0.880. The van der Waals surface area contributed by atoms with Crippen molar-refractivity contribution in [2.75, 3.05) is 24.5 Å². The van der Waals surface area contributed by atoms with Crippen molar-refractivity contribution in [2.24, 2.45) is 23.5 Å². The standard InChI is InChI=1S/C15H25BrN4O/c1-10(2)8-20-15(21)14(16)13(7-18-20)19-5-4-11(3)12(6-17)9-19/h7,10-12H,4-6,8-9,17H2,1-3H3. The highest BCUT2D eigenvalue weighted by Gasteiger charge is 2.27. The monoisotopic (exact) mass is 356 g/mol. The molecule has 21 heavy (non-hydrogen) atoms. The number of rotatable bonds is 4. The van der Waals surface area contributed by atoms with Crippen LogP contribution in [-0.2, 0) is 6.54 Å². The smallest absolute Gasteiger partial charge is 0.283 e. The zero-order chi connectivity index (χ0) is 15.6. The van der Waals surface area contributed by atoms with Gasteiger partial charge in [-0.1, -0.05) is 20.8 Å². The highest BCUT2D eigenvalue weighted by atomic mass is 79.9. The van der Waals surface area contributed by atoms with E-state index in [1.807, 2.05) is 0 Å². The lowest BCUT2D eigenvalue weighted by Crippen LogP contribution is -2.43. The summed E-state index contributed by atoms with van der Waals surface area (Å²) in [4.78, 5) is 14.6. The summed E-state index contributed by atoms with van der Waals surface area (Å²) in [6, 6.07) is 0. The molecule has 1 fully saturated rings. The fourth-order valence-electron chi connectivity index (χ4n) is 2.83. The van der Waals surface area contributed by atoms with E-state index in [9.17, 15) is 4.79 Å². The molecule has 2 unspecified atom stereocenters. The van der Waals surface area contributed by atoms with Crippen LogP contribution in [0.1, 0.15) is 27.2 Å². The molecule has 0 bridgehead atoms. The zero-order valence-corrected chi connectivity index (χ0v) is 14.6. The van der Waals surface area contributed by atoms with Gasteiger partial charge >= 0.3 is 0 Å². The predicted octanol–water partition coefficient (Wildman–Crippen LogP) is 2.08. The van der Waals surface area contributed by atoms with Gasteiger partial charge in [0.25, 0.3) is 5.56 Å². The van der Waals surface area contributed by atoms with E-state index in [1.165, 1.54) is 4.68 Å². The molecular weight excluding hydrogens is 332 g/mol. The second-order valence-electron chi connectivity index (χ2n) is 6.43. The first-order valence-corrected chi connectivity index (χ1v) is 8.44. The van der Waals surface area contributed by atoms with Crippen LogP contribution in [0.3, 0.4) is 0 Å². The van der Waals surface area contributed by atoms with Crippen molar-refractivity contribution < 1.29 is 0 Å². The Morgan fingerprint density at radius 3 is 2.86 bits per heavy atom. The van der Waals surface area contributed by atoms with Crippen molar-refractivity contribution in [1.29, 1.82) is 0 Å². The van der Waals surface area contributed by atoms with E-state index in [-0.39, 0.29) is 5.56 Å². The van der Waals surface area contributed by atoms with Gasteiger partial charge in [-0.25, -0.2) is 4.68 Å². The fraction of sp³-hybridized carbons (Fsp3) is 0.733. The predicted molar refractivity (Wildman–Crippen MR) is 89.6 cm³/mol. The van der Waals surface area contributed by atoms with Crippen molar-refractivity contribution in [3.05, 3.63) is 21.0 Å². The Labute approximate surface area is 134 Å². The van der Waals surface area contributed by atoms with Crippen LogP contribution in [0.4, 0.5) is 5.69 Å². The molecule has 0 aromatic carbocycles. The molecular formula is C15H25BrN4O. The molecule has 0 spiro atoms. The molecule has 0 radical (unpaired) electrons. The third-order valence-corrected chi connectivity index (χ3v) is 5.01. The molecule has 1 saturated heterocycles. The van der Waals surface area contributed by atoms with Gasteiger partial charge in [0.2, 0.25) is 0 Å². The molecule has 0 aliphatic carbocycles. The maximum Gasteiger partial charge on any atom is 0.283 e. The molecule has 2 rings (SSSR count).